The van der Waals surface area contributed by atoms with Gasteiger partial charge in [0.2, 0.25) is 5.95 Å². The minimum Gasteiger partial charge on any atom is -0.351 e. The van der Waals surface area contributed by atoms with Crippen LogP contribution in [0.1, 0.15) is 32.1 Å². The Morgan fingerprint density at radius 3 is 2.83 bits per heavy atom. The molecule has 4 rings (SSSR count). The van der Waals surface area contributed by atoms with Crippen molar-refractivity contribution < 1.29 is 0 Å². The minimum atomic E-state index is 0.508. The largest absolute Gasteiger partial charge is 0.351 e. The zero-order valence-corrected chi connectivity index (χ0v) is 13.4. The molecule has 0 amide bonds. The molecule has 1 aliphatic rings. The fourth-order valence-electron chi connectivity index (χ4n) is 3.42. The van der Waals surface area contributed by atoms with Gasteiger partial charge in [-0.05, 0) is 31.0 Å². The third-order valence-electron chi connectivity index (χ3n) is 4.60. The highest BCUT2D eigenvalue weighted by Gasteiger charge is 2.15. The quantitative estimate of drug-likeness (QED) is 0.800. The van der Waals surface area contributed by atoms with E-state index in [0.29, 0.717) is 6.04 Å². The van der Waals surface area contributed by atoms with Crippen molar-refractivity contribution in [2.24, 2.45) is 7.05 Å². The van der Waals surface area contributed by atoms with E-state index >= 15 is 0 Å². The lowest BCUT2D eigenvalue weighted by atomic mass is 9.96. The second-order valence-corrected chi connectivity index (χ2v) is 6.27. The summed E-state index contributed by atoms with van der Waals surface area (Å²) in [6.07, 6.45) is 12.1. The van der Waals surface area contributed by atoms with Crippen molar-refractivity contribution in [1.29, 1.82) is 0 Å². The van der Waals surface area contributed by atoms with Gasteiger partial charge in [-0.15, -0.1) is 0 Å². The molecular weight excluding hydrogens is 286 g/mol. The fraction of sp³-hybridized carbons (Fsp3) is 0.389. The Morgan fingerprint density at radius 1 is 1.09 bits per heavy atom. The topological polar surface area (TPSA) is 55.6 Å². The first-order chi connectivity index (χ1) is 11.3. The van der Waals surface area contributed by atoms with E-state index in [9.17, 15) is 0 Å². The zero-order valence-electron chi connectivity index (χ0n) is 13.4. The first kappa shape index (κ1) is 14.2. The van der Waals surface area contributed by atoms with Gasteiger partial charge in [0, 0.05) is 42.6 Å². The fourth-order valence-corrected chi connectivity index (χ4v) is 3.42. The minimum absolute atomic E-state index is 0.508. The number of hydrogen-bond acceptors (Lipinski definition) is 4. The molecule has 23 heavy (non-hydrogen) atoms. The van der Waals surface area contributed by atoms with Gasteiger partial charge in [-0.2, -0.15) is 0 Å². The number of fused-ring (bicyclic) bond motifs is 1. The molecular formula is C18H21N5. The predicted octanol–water partition coefficient (Wildman–Crippen LogP) is 3.77. The average Bonchev–Trinajstić information content (AvgIpc) is 2.94. The van der Waals surface area contributed by atoms with Crippen LogP contribution in [-0.2, 0) is 7.05 Å². The van der Waals surface area contributed by atoms with Crippen molar-refractivity contribution in [3.63, 3.8) is 0 Å². The maximum Gasteiger partial charge on any atom is 0.223 e. The Balaban J connectivity index is 1.67. The van der Waals surface area contributed by atoms with E-state index in [0.717, 1.165) is 28.2 Å². The molecule has 5 nitrogen and oxygen atoms in total. The number of anilines is 1. The summed E-state index contributed by atoms with van der Waals surface area (Å²) in [5, 5.41) is 4.62. The summed E-state index contributed by atoms with van der Waals surface area (Å²) in [5.74, 6) is 0.732. The molecule has 0 spiro atoms. The summed E-state index contributed by atoms with van der Waals surface area (Å²) in [6, 6.07) is 6.53. The normalized spacial score (nSPS) is 15.9. The van der Waals surface area contributed by atoms with E-state index in [1.165, 1.54) is 32.1 Å². The first-order valence-electron chi connectivity index (χ1n) is 8.31. The molecule has 1 saturated carbocycles. The van der Waals surface area contributed by atoms with Gasteiger partial charge in [0.25, 0.3) is 0 Å². The first-order valence-corrected chi connectivity index (χ1v) is 8.31. The smallest absolute Gasteiger partial charge is 0.223 e. The van der Waals surface area contributed by atoms with Gasteiger partial charge < -0.3 is 9.88 Å². The van der Waals surface area contributed by atoms with Crippen LogP contribution < -0.4 is 5.32 Å². The molecule has 1 N–H and O–H groups in total. The van der Waals surface area contributed by atoms with Crippen LogP contribution >= 0.6 is 0 Å². The van der Waals surface area contributed by atoms with E-state index in [-0.39, 0.29) is 0 Å². The summed E-state index contributed by atoms with van der Waals surface area (Å²) in [6.45, 7) is 0. The van der Waals surface area contributed by atoms with Gasteiger partial charge in [-0.3, -0.25) is 0 Å². The van der Waals surface area contributed by atoms with Crippen LogP contribution in [0.3, 0.4) is 0 Å². The Bertz CT molecular complexity index is 817. The van der Waals surface area contributed by atoms with E-state index in [1.54, 1.807) is 0 Å². The van der Waals surface area contributed by atoms with Gasteiger partial charge >= 0.3 is 0 Å². The van der Waals surface area contributed by atoms with Gasteiger partial charge in [-0.25, -0.2) is 15.0 Å². The highest BCUT2D eigenvalue weighted by atomic mass is 15.1. The monoisotopic (exact) mass is 307 g/mol. The Morgan fingerprint density at radius 2 is 1.96 bits per heavy atom. The number of nitrogens with zero attached hydrogens (tertiary/aromatic N) is 4. The van der Waals surface area contributed by atoms with E-state index in [1.807, 2.05) is 36.1 Å². The van der Waals surface area contributed by atoms with E-state index in [4.69, 9.17) is 4.98 Å². The van der Waals surface area contributed by atoms with Crippen LogP contribution in [0.2, 0.25) is 0 Å². The maximum atomic E-state index is 4.74. The molecule has 0 unspecified atom stereocenters. The highest BCUT2D eigenvalue weighted by Crippen LogP contribution is 2.28. The Kier molecular flexibility index (Phi) is 3.69. The summed E-state index contributed by atoms with van der Waals surface area (Å²) < 4.78 is 2.04. The Hall–Kier alpha value is -2.43. The van der Waals surface area contributed by atoms with Crippen molar-refractivity contribution in [3.05, 3.63) is 36.8 Å². The molecule has 0 atom stereocenters. The Labute approximate surface area is 135 Å². The number of nitrogens with one attached hydrogen (secondary N) is 1. The van der Waals surface area contributed by atoms with Crippen molar-refractivity contribution in [2.75, 3.05) is 5.32 Å². The molecule has 0 bridgehead atoms. The lowest BCUT2D eigenvalue weighted by Crippen LogP contribution is -2.23. The van der Waals surface area contributed by atoms with Crippen molar-refractivity contribution in [3.8, 4) is 11.3 Å². The number of hydrogen-bond donors (Lipinski definition) is 1. The molecule has 3 aromatic heterocycles. The van der Waals surface area contributed by atoms with Gasteiger partial charge in [0.15, 0.2) is 0 Å². The third kappa shape index (κ3) is 2.79. The van der Waals surface area contributed by atoms with Crippen LogP contribution in [0.25, 0.3) is 22.3 Å². The number of aryl methyl sites for hydroxylation is 1. The maximum absolute atomic E-state index is 4.74. The number of aromatic nitrogens is 4. The molecule has 0 aromatic carbocycles. The van der Waals surface area contributed by atoms with Crippen LogP contribution in [-0.4, -0.2) is 25.6 Å². The highest BCUT2D eigenvalue weighted by molar-refractivity contribution is 5.93. The van der Waals surface area contributed by atoms with Crippen molar-refractivity contribution >= 4 is 17.0 Å². The van der Waals surface area contributed by atoms with Gasteiger partial charge in [0.05, 0.1) is 5.69 Å². The van der Waals surface area contributed by atoms with E-state index < -0.39 is 0 Å². The lowest BCUT2D eigenvalue weighted by molar-refractivity contribution is 0.461. The van der Waals surface area contributed by atoms with Gasteiger partial charge in [-0.1, -0.05) is 19.3 Å². The molecule has 3 aromatic rings. The summed E-state index contributed by atoms with van der Waals surface area (Å²) in [5.41, 5.74) is 3.02. The predicted molar refractivity (Wildman–Crippen MR) is 92.2 cm³/mol. The summed E-state index contributed by atoms with van der Waals surface area (Å²) in [7, 11) is 2.02. The molecule has 118 valence electrons. The van der Waals surface area contributed by atoms with E-state index in [2.05, 4.69) is 27.5 Å². The third-order valence-corrected chi connectivity index (χ3v) is 4.60. The van der Waals surface area contributed by atoms with Crippen molar-refractivity contribution in [2.45, 2.75) is 38.1 Å². The van der Waals surface area contributed by atoms with Gasteiger partial charge in [0.1, 0.15) is 5.65 Å². The summed E-state index contributed by atoms with van der Waals surface area (Å²) in [4.78, 5) is 13.6. The molecule has 3 heterocycles. The van der Waals surface area contributed by atoms with Crippen LogP contribution in [0.15, 0.2) is 36.8 Å². The van der Waals surface area contributed by atoms with Crippen LogP contribution in [0.5, 0.6) is 0 Å². The van der Waals surface area contributed by atoms with Crippen LogP contribution in [0, 0.1) is 0 Å². The number of pyridine rings is 1. The summed E-state index contributed by atoms with van der Waals surface area (Å²) >= 11 is 0. The molecule has 1 aliphatic carbocycles. The molecule has 0 aliphatic heterocycles. The van der Waals surface area contributed by atoms with Crippen LogP contribution in [0.4, 0.5) is 5.95 Å². The molecule has 1 fully saturated rings. The standard InChI is InChI=1S/C18H21N5/c1-23-12-15(14-8-5-10-19-17(14)23)16-9-11-20-18(22-16)21-13-6-3-2-4-7-13/h5,8-13H,2-4,6-7H2,1H3,(H,20,21,22). The number of rotatable bonds is 3. The molecule has 0 radical (unpaired) electrons. The second-order valence-electron chi connectivity index (χ2n) is 6.27. The average molecular weight is 307 g/mol. The molecule has 0 saturated heterocycles. The molecule has 5 heteroatoms. The second kappa shape index (κ2) is 5.99. The van der Waals surface area contributed by atoms with Crippen molar-refractivity contribution in [1.82, 2.24) is 19.5 Å². The lowest BCUT2D eigenvalue weighted by Gasteiger charge is -2.22. The zero-order chi connectivity index (χ0) is 15.6. The SMILES string of the molecule is Cn1cc(-c2ccnc(NC3CCCCC3)n2)c2cccnc21.